The lowest BCUT2D eigenvalue weighted by molar-refractivity contribution is 0.148. The summed E-state index contributed by atoms with van der Waals surface area (Å²) in [5.41, 5.74) is 9.62. The van der Waals surface area contributed by atoms with Gasteiger partial charge in [-0.25, -0.2) is 0 Å². The number of nitrogen functional groups attached to an aromatic ring is 1. The summed E-state index contributed by atoms with van der Waals surface area (Å²) >= 11 is 0. The second-order valence-electron chi connectivity index (χ2n) is 5.59. The second-order valence-corrected chi connectivity index (χ2v) is 5.59. The van der Waals surface area contributed by atoms with Crippen molar-refractivity contribution in [3.63, 3.8) is 0 Å². The SMILES string of the molecule is CN1CCN(Cc2cn(C)c3cccc(N)c23)CC1. The van der Waals surface area contributed by atoms with E-state index in [0.717, 1.165) is 38.4 Å². The van der Waals surface area contributed by atoms with E-state index >= 15 is 0 Å². The molecule has 1 aliphatic rings. The van der Waals surface area contributed by atoms with Crippen molar-refractivity contribution < 1.29 is 0 Å². The Labute approximate surface area is 114 Å². The summed E-state index contributed by atoms with van der Waals surface area (Å²) in [6.45, 7) is 5.58. The van der Waals surface area contributed by atoms with Gasteiger partial charge in [0.2, 0.25) is 0 Å². The zero-order valence-electron chi connectivity index (χ0n) is 11.8. The van der Waals surface area contributed by atoms with Crippen LogP contribution in [0.2, 0.25) is 0 Å². The summed E-state index contributed by atoms with van der Waals surface area (Å²) < 4.78 is 2.18. The normalized spacial score (nSPS) is 18.2. The Morgan fingerprint density at radius 1 is 1.11 bits per heavy atom. The number of benzene rings is 1. The van der Waals surface area contributed by atoms with E-state index in [-0.39, 0.29) is 0 Å². The molecule has 1 aromatic carbocycles. The number of piperazine rings is 1. The van der Waals surface area contributed by atoms with Crippen molar-refractivity contribution in [1.82, 2.24) is 14.4 Å². The Bertz CT molecular complexity index is 579. The molecule has 1 saturated heterocycles. The van der Waals surface area contributed by atoms with Crippen molar-refractivity contribution in [1.29, 1.82) is 0 Å². The first-order chi connectivity index (χ1) is 9.15. The lowest BCUT2D eigenvalue weighted by Crippen LogP contribution is -2.43. The van der Waals surface area contributed by atoms with Crippen LogP contribution in [-0.4, -0.2) is 47.6 Å². The number of nitrogens with two attached hydrogens (primary N) is 1. The molecule has 102 valence electrons. The van der Waals surface area contributed by atoms with Crippen LogP contribution < -0.4 is 5.73 Å². The molecule has 0 saturated carbocycles. The Balaban J connectivity index is 1.89. The minimum Gasteiger partial charge on any atom is -0.398 e. The Morgan fingerprint density at radius 2 is 1.84 bits per heavy atom. The Morgan fingerprint density at radius 3 is 2.58 bits per heavy atom. The van der Waals surface area contributed by atoms with Crippen molar-refractivity contribution in [2.75, 3.05) is 39.0 Å². The highest BCUT2D eigenvalue weighted by Gasteiger charge is 2.17. The third-order valence-electron chi connectivity index (χ3n) is 4.12. The van der Waals surface area contributed by atoms with Crippen LogP contribution in [0.3, 0.4) is 0 Å². The van der Waals surface area contributed by atoms with Crippen LogP contribution in [0.25, 0.3) is 10.9 Å². The summed E-state index contributed by atoms with van der Waals surface area (Å²) in [4.78, 5) is 4.90. The van der Waals surface area contributed by atoms with Crippen LogP contribution in [0.15, 0.2) is 24.4 Å². The quantitative estimate of drug-likeness (QED) is 0.830. The molecular formula is C15H22N4. The Hall–Kier alpha value is -1.52. The average molecular weight is 258 g/mol. The third-order valence-corrected chi connectivity index (χ3v) is 4.12. The number of hydrogen-bond acceptors (Lipinski definition) is 3. The summed E-state index contributed by atoms with van der Waals surface area (Å²) in [5, 5.41) is 1.23. The van der Waals surface area contributed by atoms with Gasteiger partial charge in [-0.05, 0) is 24.7 Å². The molecule has 1 aromatic heterocycles. The van der Waals surface area contributed by atoms with Crippen LogP contribution in [0.4, 0.5) is 5.69 Å². The first-order valence-corrected chi connectivity index (χ1v) is 6.88. The average Bonchev–Trinajstić information content (AvgIpc) is 2.71. The molecule has 19 heavy (non-hydrogen) atoms. The highest BCUT2D eigenvalue weighted by atomic mass is 15.2. The van der Waals surface area contributed by atoms with Gasteiger partial charge < -0.3 is 15.2 Å². The molecule has 0 bridgehead atoms. The highest BCUT2D eigenvalue weighted by Crippen LogP contribution is 2.27. The van der Waals surface area contributed by atoms with E-state index in [0.29, 0.717) is 0 Å². The van der Waals surface area contributed by atoms with E-state index in [9.17, 15) is 0 Å². The van der Waals surface area contributed by atoms with Gasteiger partial charge in [0.1, 0.15) is 0 Å². The number of hydrogen-bond donors (Lipinski definition) is 1. The van der Waals surface area contributed by atoms with Crippen LogP contribution in [0.1, 0.15) is 5.56 Å². The molecule has 1 fully saturated rings. The fourth-order valence-corrected chi connectivity index (χ4v) is 2.94. The zero-order valence-corrected chi connectivity index (χ0v) is 11.8. The molecule has 2 heterocycles. The molecule has 2 aromatic rings. The molecule has 0 unspecified atom stereocenters. The molecule has 3 rings (SSSR count). The molecule has 0 atom stereocenters. The molecule has 0 amide bonds. The molecular weight excluding hydrogens is 236 g/mol. The minimum absolute atomic E-state index is 0.891. The highest BCUT2D eigenvalue weighted by molar-refractivity contribution is 5.94. The van der Waals surface area contributed by atoms with Gasteiger partial charge in [0, 0.05) is 57.0 Å². The first-order valence-electron chi connectivity index (χ1n) is 6.88. The number of nitrogens with zero attached hydrogens (tertiary/aromatic N) is 3. The van der Waals surface area contributed by atoms with Gasteiger partial charge in [0.05, 0.1) is 5.52 Å². The van der Waals surface area contributed by atoms with E-state index in [1.54, 1.807) is 0 Å². The van der Waals surface area contributed by atoms with E-state index < -0.39 is 0 Å². The van der Waals surface area contributed by atoms with Crippen LogP contribution in [0, 0.1) is 0 Å². The third kappa shape index (κ3) is 2.33. The smallest absolute Gasteiger partial charge is 0.0501 e. The lowest BCUT2D eigenvalue weighted by atomic mass is 10.1. The zero-order chi connectivity index (χ0) is 13.4. The summed E-state index contributed by atoms with van der Waals surface area (Å²) in [7, 11) is 4.28. The minimum atomic E-state index is 0.891. The standard InChI is InChI=1S/C15H22N4/c1-17-6-8-19(9-7-17)11-12-10-18(2)14-5-3-4-13(16)15(12)14/h3-5,10H,6-9,11,16H2,1-2H3. The van der Waals surface area contributed by atoms with Crippen molar-refractivity contribution in [3.05, 3.63) is 30.0 Å². The number of likely N-dealkylation sites (N-methyl/N-ethyl adjacent to an activating group) is 1. The van der Waals surface area contributed by atoms with Gasteiger partial charge >= 0.3 is 0 Å². The molecule has 0 spiro atoms. The maximum atomic E-state index is 6.16. The number of aromatic nitrogens is 1. The summed E-state index contributed by atoms with van der Waals surface area (Å²) in [5.74, 6) is 0. The maximum absolute atomic E-state index is 6.16. The van der Waals surface area contributed by atoms with Gasteiger partial charge in [-0.15, -0.1) is 0 Å². The van der Waals surface area contributed by atoms with Gasteiger partial charge in [-0.1, -0.05) is 6.07 Å². The number of fused-ring (bicyclic) bond motifs is 1. The van der Waals surface area contributed by atoms with Crippen molar-refractivity contribution in [3.8, 4) is 0 Å². The van der Waals surface area contributed by atoms with Gasteiger partial charge in [-0.3, -0.25) is 4.90 Å². The molecule has 0 aliphatic carbocycles. The topological polar surface area (TPSA) is 37.4 Å². The predicted molar refractivity (Wildman–Crippen MR) is 80.1 cm³/mol. The van der Waals surface area contributed by atoms with Gasteiger partial charge in [0.25, 0.3) is 0 Å². The van der Waals surface area contributed by atoms with E-state index in [4.69, 9.17) is 5.73 Å². The van der Waals surface area contributed by atoms with Gasteiger partial charge in [-0.2, -0.15) is 0 Å². The lowest BCUT2D eigenvalue weighted by Gasteiger charge is -2.32. The maximum Gasteiger partial charge on any atom is 0.0501 e. The van der Waals surface area contributed by atoms with E-state index in [2.05, 4.69) is 40.7 Å². The number of anilines is 1. The largest absolute Gasteiger partial charge is 0.398 e. The fraction of sp³-hybridized carbons (Fsp3) is 0.467. The molecule has 2 N–H and O–H groups in total. The van der Waals surface area contributed by atoms with E-state index in [1.165, 1.54) is 16.5 Å². The number of rotatable bonds is 2. The molecule has 1 aliphatic heterocycles. The van der Waals surface area contributed by atoms with Crippen molar-refractivity contribution in [2.45, 2.75) is 6.54 Å². The van der Waals surface area contributed by atoms with Crippen molar-refractivity contribution >= 4 is 16.6 Å². The van der Waals surface area contributed by atoms with Crippen LogP contribution in [-0.2, 0) is 13.6 Å². The molecule has 4 nitrogen and oxygen atoms in total. The Kier molecular flexibility index (Phi) is 3.21. The van der Waals surface area contributed by atoms with Gasteiger partial charge in [0.15, 0.2) is 0 Å². The summed E-state index contributed by atoms with van der Waals surface area (Å²) in [6.07, 6.45) is 2.22. The van der Waals surface area contributed by atoms with Crippen molar-refractivity contribution in [2.24, 2.45) is 7.05 Å². The second kappa shape index (κ2) is 4.87. The summed E-state index contributed by atoms with van der Waals surface area (Å²) in [6, 6.07) is 6.16. The monoisotopic (exact) mass is 258 g/mol. The first kappa shape index (κ1) is 12.5. The van der Waals surface area contributed by atoms with Crippen LogP contribution >= 0.6 is 0 Å². The number of aryl methyl sites for hydroxylation is 1. The van der Waals surface area contributed by atoms with Crippen LogP contribution in [0.5, 0.6) is 0 Å². The fourth-order valence-electron chi connectivity index (χ4n) is 2.94. The molecule has 4 heteroatoms. The van der Waals surface area contributed by atoms with E-state index in [1.807, 2.05) is 12.1 Å². The predicted octanol–water partition coefficient (Wildman–Crippen LogP) is 1.51. The molecule has 0 radical (unpaired) electrons.